The summed E-state index contributed by atoms with van der Waals surface area (Å²) in [7, 11) is 1.54. The van der Waals surface area contributed by atoms with Gasteiger partial charge in [0.05, 0.1) is 0 Å². The first-order valence-corrected chi connectivity index (χ1v) is 2.78. The lowest BCUT2D eigenvalue weighted by Gasteiger charge is -2.12. The summed E-state index contributed by atoms with van der Waals surface area (Å²) in [5.74, 6) is 5.37. The van der Waals surface area contributed by atoms with Gasteiger partial charge in [0.1, 0.15) is 5.84 Å². The Kier molecular flexibility index (Phi) is 3.35. The lowest BCUT2D eigenvalue weighted by atomic mass is 10.5. The first kappa shape index (κ1) is 8.84. The molecule has 0 saturated carbocycles. The zero-order valence-corrected chi connectivity index (χ0v) is 6.16. The van der Waals surface area contributed by atoms with Crippen molar-refractivity contribution < 1.29 is 4.79 Å². The van der Waals surface area contributed by atoms with Crippen molar-refractivity contribution in [3.05, 3.63) is 12.7 Å². The Morgan fingerprint density at radius 3 is 2.40 bits per heavy atom. The number of hydrazine groups is 1. The molecule has 0 bridgehead atoms. The van der Waals surface area contributed by atoms with Crippen molar-refractivity contribution in [1.82, 2.24) is 5.01 Å². The SMILES string of the molecule is C=CC(=NC)N(N)C(C)=O. The molecule has 0 aromatic rings. The van der Waals surface area contributed by atoms with Crippen LogP contribution in [0.4, 0.5) is 0 Å². The molecule has 0 radical (unpaired) electrons. The number of hydrogen-bond acceptors (Lipinski definition) is 3. The Morgan fingerprint density at radius 1 is 1.80 bits per heavy atom. The summed E-state index contributed by atoms with van der Waals surface area (Å²) < 4.78 is 0. The lowest BCUT2D eigenvalue weighted by molar-refractivity contribution is -0.125. The molecular formula is C6H11N3O. The molecule has 0 fully saturated rings. The van der Waals surface area contributed by atoms with E-state index in [0.29, 0.717) is 5.84 Å². The molecule has 0 aliphatic carbocycles. The summed E-state index contributed by atoms with van der Waals surface area (Å²) in [5, 5.41) is 0.938. The molecule has 0 aromatic carbocycles. The normalized spacial score (nSPS) is 10.9. The maximum atomic E-state index is 10.6. The van der Waals surface area contributed by atoms with Gasteiger partial charge < -0.3 is 0 Å². The monoisotopic (exact) mass is 141 g/mol. The van der Waals surface area contributed by atoms with E-state index in [2.05, 4.69) is 11.6 Å². The minimum Gasteiger partial charge on any atom is -0.273 e. The molecule has 0 aliphatic heterocycles. The molecule has 1 amide bonds. The second-order valence-corrected chi connectivity index (χ2v) is 1.67. The maximum absolute atomic E-state index is 10.6. The molecule has 0 heterocycles. The fourth-order valence-corrected chi connectivity index (χ4v) is 0.459. The van der Waals surface area contributed by atoms with Crippen LogP contribution in [0, 0.1) is 0 Å². The van der Waals surface area contributed by atoms with Crippen molar-refractivity contribution >= 4 is 11.7 Å². The number of nitrogens with two attached hydrogens (primary N) is 1. The average molecular weight is 141 g/mol. The van der Waals surface area contributed by atoms with Crippen LogP contribution in [0.3, 0.4) is 0 Å². The van der Waals surface area contributed by atoms with E-state index >= 15 is 0 Å². The highest BCUT2D eigenvalue weighted by Crippen LogP contribution is 1.85. The summed E-state index contributed by atoms with van der Waals surface area (Å²) in [6.45, 7) is 4.79. The molecular weight excluding hydrogens is 130 g/mol. The molecule has 0 atom stereocenters. The maximum Gasteiger partial charge on any atom is 0.239 e. The highest BCUT2D eigenvalue weighted by atomic mass is 16.2. The van der Waals surface area contributed by atoms with Crippen LogP contribution in [0.15, 0.2) is 17.6 Å². The first-order chi connectivity index (χ1) is 4.63. The fraction of sp³-hybridized carbons (Fsp3) is 0.333. The van der Waals surface area contributed by atoms with Gasteiger partial charge in [0.15, 0.2) is 0 Å². The molecule has 0 aromatic heterocycles. The highest BCUT2D eigenvalue weighted by Gasteiger charge is 2.05. The number of amidine groups is 1. The quantitative estimate of drug-likeness (QED) is 0.182. The van der Waals surface area contributed by atoms with E-state index < -0.39 is 0 Å². The van der Waals surface area contributed by atoms with Crippen molar-refractivity contribution in [2.45, 2.75) is 6.92 Å². The second-order valence-electron chi connectivity index (χ2n) is 1.67. The van der Waals surface area contributed by atoms with Gasteiger partial charge in [0.2, 0.25) is 5.91 Å². The smallest absolute Gasteiger partial charge is 0.239 e. The number of nitrogens with zero attached hydrogens (tertiary/aromatic N) is 2. The highest BCUT2D eigenvalue weighted by molar-refractivity contribution is 6.02. The predicted octanol–water partition coefficient (Wildman–Crippen LogP) is -0.0771. The van der Waals surface area contributed by atoms with Crippen LogP contribution in [-0.4, -0.2) is 23.8 Å². The lowest BCUT2D eigenvalue weighted by Crippen LogP contribution is -2.40. The summed E-state index contributed by atoms with van der Waals surface area (Å²) in [6.07, 6.45) is 1.42. The average Bonchev–Trinajstić information content (AvgIpc) is 1.90. The van der Waals surface area contributed by atoms with Crippen LogP contribution in [0.25, 0.3) is 0 Å². The zero-order chi connectivity index (χ0) is 8.15. The minimum atomic E-state index is -0.263. The number of amides is 1. The molecule has 4 heteroatoms. The van der Waals surface area contributed by atoms with Crippen molar-refractivity contribution in [3.63, 3.8) is 0 Å². The van der Waals surface area contributed by atoms with Gasteiger partial charge in [-0.1, -0.05) is 6.58 Å². The van der Waals surface area contributed by atoms with Crippen LogP contribution in [0.2, 0.25) is 0 Å². The third-order valence-corrected chi connectivity index (χ3v) is 0.998. The van der Waals surface area contributed by atoms with E-state index in [1.807, 2.05) is 0 Å². The molecule has 0 rings (SSSR count). The summed E-state index contributed by atoms with van der Waals surface area (Å²) >= 11 is 0. The van der Waals surface area contributed by atoms with Crippen molar-refractivity contribution in [1.29, 1.82) is 0 Å². The first-order valence-electron chi connectivity index (χ1n) is 2.78. The van der Waals surface area contributed by atoms with Crippen molar-refractivity contribution in [2.24, 2.45) is 10.8 Å². The molecule has 4 nitrogen and oxygen atoms in total. The molecule has 0 aliphatic rings. The summed E-state index contributed by atoms with van der Waals surface area (Å²) in [5.41, 5.74) is 0. The van der Waals surface area contributed by atoms with Gasteiger partial charge in [-0.25, -0.2) is 10.9 Å². The van der Waals surface area contributed by atoms with Gasteiger partial charge in [-0.3, -0.25) is 9.79 Å². The number of carbonyl (C=O) groups is 1. The third kappa shape index (κ3) is 1.99. The van der Waals surface area contributed by atoms with Crippen LogP contribution < -0.4 is 5.84 Å². The Balaban J connectivity index is 4.31. The summed E-state index contributed by atoms with van der Waals surface area (Å²) in [6, 6.07) is 0. The van der Waals surface area contributed by atoms with Crippen LogP contribution in [-0.2, 0) is 4.79 Å². The van der Waals surface area contributed by atoms with Gasteiger partial charge in [-0.2, -0.15) is 0 Å². The van der Waals surface area contributed by atoms with Gasteiger partial charge in [-0.05, 0) is 6.08 Å². The van der Waals surface area contributed by atoms with Crippen LogP contribution in [0.5, 0.6) is 0 Å². The standard InChI is InChI=1S/C6H11N3O/c1-4-6(8-3)9(7)5(2)10/h4H,1,7H2,2-3H3. The van der Waals surface area contributed by atoms with Crippen LogP contribution >= 0.6 is 0 Å². The van der Waals surface area contributed by atoms with Gasteiger partial charge in [0, 0.05) is 14.0 Å². The van der Waals surface area contributed by atoms with E-state index in [1.165, 1.54) is 13.0 Å². The second kappa shape index (κ2) is 3.79. The summed E-state index contributed by atoms with van der Waals surface area (Å²) in [4.78, 5) is 14.3. The minimum absolute atomic E-state index is 0.263. The molecule has 0 saturated heterocycles. The van der Waals surface area contributed by atoms with E-state index in [9.17, 15) is 4.79 Å². The van der Waals surface area contributed by atoms with Gasteiger partial charge in [-0.15, -0.1) is 0 Å². The number of rotatable bonds is 1. The molecule has 0 spiro atoms. The van der Waals surface area contributed by atoms with E-state index in [4.69, 9.17) is 5.84 Å². The van der Waals surface area contributed by atoms with Crippen molar-refractivity contribution in [3.8, 4) is 0 Å². The molecule has 2 N–H and O–H groups in total. The fourth-order valence-electron chi connectivity index (χ4n) is 0.459. The zero-order valence-electron chi connectivity index (χ0n) is 6.16. The van der Waals surface area contributed by atoms with Gasteiger partial charge >= 0.3 is 0 Å². The molecule has 56 valence electrons. The number of carbonyl (C=O) groups excluding carboxylic acids is 1. The molecule has 0 unspecified atom stereocenters. The number of aliphatic imine (C=N–C) groups is 1. The van der Waals surface area contributed by atoms with E-state index in [0.717, 1.165) is 5.01 Å². The van der Waals surface area contributed by atoms with Gasteiger partial charge in [0.25, 0.3) is 0 Å². The molecule has 10 heavy (non-hydrogen) atoms. The third-order valence-electron chi connectivity index (χ3n) is 0.998. The van der Waals surface area contributed by atoms with E-state index in [-0.39, 0.29) is 5.91 Å². The Morgan fingerprint density at radius 2 is 2.30 bits per heavy atom. The van der Waals surface area contributed by atoms with Crippen LogP contribution in [0.1, 0.15) is 6.92 Å². The Bertz CT molecular complexity index is 174. The Hall–Kier alpha value is -1.16. The largest absolute Gasteiger partial charge is 0.273 e. The predicted molar refractivity (Wildman–Crippen MR) is 40.3 cm³/mol. The Labute approximate surface area is 60.0 Å². The van der Waals surface area contributed by atoms with E-state index in [1.54, 1.807) is 7.05 Å². The number of hydrogen-bond donors (Lipinski definition) is 1. The van der Waals surface area contributed by atoms with Crippen molar-refractivity contribution in [2.75, 3.05) is 7.05 Å². The topological polar surface area (TPSA) is 58.7 Å².